The Labute approximate surface area is 194 Å². The molecule has 0 saturated heterocycles. The van der Waals surface area contributed by atoms with E-state index in [-0.39, 0.29) is 23.1 Å². The SMILES string of the molecule is Cc1noc(NS(=O)(=O)c2ccc(NC(=O)CCCOc3ccc(C(C)C)cc3)cc2)c1C. The van der Waals surface area contributed by atoms with Crippen molar-refractivity contribution in [3.63, 3.8) is 0 Å². The number of rotatable bonds is 10. The van der Waals surface area contributed by atoms with Gasteiger partial charge in [-0.05, 0) is 68.1 Å². The highest BCUT2D eigenvalue weighted by molar-refractivity contribution is 7.92. The number of nitrogens with zero attached hydrogens (tertiary/aromatic N) is 1. The monoisotopic (exact) mass is 471 g/mol. The molecule has 1 aromatic heterocycles. The Morgan fingerprint density at radius 3 is 2.30 bits per heavy atom. The van der Waals surface area contributed by atoms with Gasteiger partial charge in [0.05, 0.1) is 17.2 Å². The van der Waals surface area contributed by atoms with E-state index in [1.165, 1.54) is 29.8 Å². The third-order valence-corrected chi connectivity index (χ3v) is 6.54. The zero-order chi connectivity index (χ0) is 24.0. The molecule has 0 saturated carbocycles. The summed E-state index contributed by atoms with van der Waals surface area (Å²) in [6, 6.07) is 13.9. The topological polar surface area (TPSA) is 111 Å². The zero-order valence-electron chi connectivity index (χ0n) is 19.2. The van der Waals surface area contributed by atoms with Crippen LogP contribution in [0, 0.1) is 13.8 Å². The van der Waals surface area contributed by atoms with Crippen LogP contribution in [-0.2, 0) is 14.8 Å². The molecule has 3 aromatic rings. The van der Waals surface area contributed by atoms with Gasteiger partial charge in [0.2, 0.25) is 11.8 Å². The van der Waals surface area contributed by atoms with Crippen molar-refractivity contribution in [3.8, 4) is 5.75 Å². The molecule has 0 unspecified atom stereocenters. The first-order valence-corrected chi connectivity index (χ1v) is 12.2. The maximum absolute atomic E-state index is 12.5. The minimum atomic E-state index is -3.83. The van der Waals surface area contributed by atoms with Crippen molar-refractivity contribution >= 4 is 27.5 Å². The normalized spacial score (nSPS) is 11.4. The molecule has 9 heteroatoms. The fourth-order valence-electron chi connectivity index (χ4n) is 3.00. The van der Waals surface area contributed by atoms with Gasteiger partial charge in [0, 0.05) is 17.7 Å². The minimum absolute atomic E-state index is 0.0471. The largest absolute Gasteiger partial charge is 0.494 e. The number of ether oxygens (including phenoxy) is 1. The van der Waals surface area contributed by atoms with Gasteiger partial charge in [-0.2, -0.15) is 0 Å². The fraction of sp³-hybridized carbons (Fsp3) is 0.333. The van der Waals surface area contributed by atoms with Crippen molar-refractivity contribution in [2.75, 3.05) is 16.6 Å². The van der Waals surface area contributed by atoms with Crippen LogP contribution in [0.1, 0.15) is 49.4 Å². The Morgan fingerprint density at radius 2 is 1.73 bits per heavy atom. The van der Waals surface area contributed by atoms with Crippen molar-refractivity contribution in [3.05, 3.63) is 65.4 Å². The summed E-state index contributed by atoms with van der Waals surface area (Å²) in [6.45, 7) is 8.15. The maximum Gasteiger partial charge on any atom is 0.264 e. The van der Waals surface area contributed by atoms with Crippen LogP contribution in [0.4, 0.5) is 11.6 Å². The van der Waals surface area contributed by atoms with Gasteiger partial charge in [0.15, 0.2) is 0 Å². The number of carbonyl (C=O) groups excluding carboxylic acids is 1. The Balaban J connectivity index is 1.46. The van der Waals surface area contributed by atoms with E-state index in [4.69, 9.17) is 9.26 Å². The quantitative estimate of drug-likeness (QED) is 0.402. The van der Waals surface area contributed by atoms with E-state index in [1.54, 1.807) is 13.8 Å². The lowest BCUT2D eigenvalue weighted by molar-refractivity contribution is -0.116. The Morgan fingerprint density at radius 1 is 1.06 bits per heavy atom. The van der Waals surface area contributed by atoms with Gasteiger partial charge in [-0.3, -0.25) is 4.79 Å². The predicted molar refractivity (Wildman–Crippen MR) is 127 cm³/mol. The molecule has 0 aliphatic rings. The standard InChI is InChI=1S/C24H29N3O5S/c1-16(2)19-7-11-21(12-8-19)31-15-5-6-23(28)25-20-9-13-22(14-10-20)33(29,30)27-24-17(3)18(4)26-32-24/h7-14,16,27H,5-6,15H2,1-4H3,(H,25,28). The predicted octanol–water partition coefficient (Wildman–Crippen LogP) is 5.01. The molecule has 2 N–H and O–H groups in total. The molecule has 0 bridgehead atoms. The van der Waals surface area contributed by atoms with Gasteiger partial charge in [-0.1, -0.05) is 31.1 Å². The van der Waals surface area contributed by atoms with Crippen LogP contribution in [0.2, 0.25) is 0 Å². The summed E-state index contributed by atoms with van der Waals surface area (Å²) in [4.78, 5) is 12.2. The first kappa shape index (κ1) is 24.3. The molecular formula is C24H29N3O5S. The average Bonchev–Trinajstić information content (AvgIpc) is 3.09. The van der Waals surface area contributed by atoms with E-state index in [9.17, 15) is 13.2 Å². The molecule has 8 nitrogen and oxygen atoms in total. The molecule has 0 radical (unpaired) electrons. The Kier molecular flexibility index (Phi) is 7.75. The molecule has 0 aliphatic carbocycles. The second-order valence-corrected chi connectivity index (χ2v) is 9.76. The molecule has 33 heavy (non-hydrogen) atoms. The van der Waals surface area contributed by atoms with Crippen LogP contribution >= 0.6 is 0 Å². The summed E-state index contributed by atoms with van der Waals surface area (Å²) >= 11 is 0. The molecule has 3 rings (SSSR count). The highest BCUT2D eigenvalue weighted by Crippen LogP contribution is 2.23. The second-order valence-electron chi connectivity index (χ2n) is 8.08. The number of benzene rings is 2. The third-order valence-electron chi connectivity index (χ3n) is 5.20. The first-order chi connectivity index (χ1) is 15.7. The third kappa shape index (κ3) is 6.58. The molecule has 0 spiro atoms. The lowest BCUT2D eigenvalue weighted by Gasteiger charge is -2.10. The van der Waals surface area contributed by atoms with Crippen LogP contribution in [0.3, 0.4) is 0 Å². The van der Waals surface area contributed by atoms with Gasteiger partial charge in [-0.15, -0.1) is 0 Å². The van der Waals surface area contributed by atoms with E-state index >= 15 is 0 Å². The van der Waals surface area contributed by atoms with Gasteiger partial charge in [0.25, 0.3) is 10.0 Å². The Bertz CT molecular complexity index is 1180. The fourth-order valence-corrected chi connectivity index (χ4v) is 4.05. The summed E-state index contributed by atoms with van der Waals surface area (Å²) in [7, 11) is -3.83. The van der Waals surface area contributed by atoms with Crippen molar-refractivity contribution in [2.24, 2.45) is 0 Å². The lowest BCUT2D eigenvalue weighted by Crippen LogP contribution is -2.14. The first-order valence-electron chi connectivity index (χ1n) is 10.7. The summed E-state index contributed by atoms with van der Waals surface area (Å²) in [5.74, 6) is 1.16. The highest BCUT2D eigenvalue weighted by Gasteiger charge is 2.19. The van der Waals surface area contributed by atoms with Gasteiger partial charge in [0.1, 0.15) is 5.75 Å². The minimum Gasteiger partial charge on any atom is -0.494 e. The number of hydrogen-bond acceptors (Lipinski definition) is 6. The van der Waals surface area contributed by atoms with Crippen molar-refractivity contribution < 1.29 is 22.5 Å². The smallest absolute Gasteiger partial charge is 0.264 e. The van der Waals surface area contributed by atoms with Gasteiger partial charge >= 0.3 is 0 Å². The van der Waals surface area contributed by atoms with E-state index in [0.717, 1.165) is 5.75 Å². The van der Waals surface area contributed by atoms with E-state index in [0.29, 0.717) is 35.9 Å². The number of aromatic nitrogens is 1. The van der Waals surface area contributed by atoms with Crippen molar-refractivity contribution in [1.82, 2.24) is 5.16 Å². The highest BCUT2D eigenvalue weighted by atomic mass is 32.2. The number of anilines is 2. The molecule has 1 heterocycles. The van der Waals surface area contributed by atoms with E-state index in [2.05, 4.69) is 29.0 Å². The zero-order valence-corrected chi connectivity index (χ0v) is 20.0. The molecule has 1 amide bonds. The maximum atomic E-state index is 12.5. The summed E-state index contributed by atoms with van der Waals surface area (Å²) in [5, 5.41) is 6.50. The van der Waals surface area contributed by atoms with Crippen LogP contribution in [0.5, 0.6) is 5.75 Å². The van der Waals surface area contributed by atoms with Crippen molar-refractivity contribution in [1.29, 1.82) is 0 Å². The van der Waals surface area contributed by atoms with E-state index < -0.39 is 10.0 Å². The molecule has 0 aliphatic heterocycles. The van der Waals surface area contributed by atoms with Gasteiger partial charge < -0.3 is 14.6 Å². The molecule has 176 valence electrons. The number of nitrogens with one attached hydrogen (secondary N) is 2. The van der Waals surface area contributed by atoms with Crippen LogP contribution in [-0.4, -0.2) is 26.1 Å². The summed E-state index contributed by atoms with van der Waals surface area (Å²) < 4.78 is 38.2. The number of hydrogen-bond donors (Lipinski definition) is 2. The molecular weight excluding hydrogens is 442 g/mol. The molecule has 0 fully saturated rings. The average molecular weight is 472 g/mol. The summed E-state index contributed by atoms with van der Waals surface area (Å²) in [6.07, 6.45) is 0.847. The molecule has 0 atom stereocenters. The number of aryl methyl sites for hydroxylation is 1. The summed E-state index contributed by atoms with van der Waals surface area (Å²) in [5.41, 5.74) is 2.99. The van der Waals surface area contributed by atoms with Gasteiger partial charge in [-0.25, -0.2) is 13.1 Å². The lowest BCUT2D eigenvalue weighted by atomic mass is 10.0. The van der Waals surface area contributed by atoms with E-state index in [1.807, 2.05) is 24.3 Å². The number of sulfonamides is 1. The number of carbonyl (C=O) groups is 1. The Hall–Kier alpha value is -3.33. The van der Waals surface area contributed by atoms with Crippen LogP contribution in [0.25, 0.3) is 0 Å². The van der Waals surface area contributed by atoms with Crippen LogP contribution in [0.15, 0.2) is 57.9 Å². The number of amides is 1. The molecule has 2 aromatic carbocycles. The van der Waals surface area contributed by atoms with Crippen molar-refractivity contribution in [2.45, 2.75) is 51.3 Å². The van der Waals surface area contributed by atoms with Crippen LogP contribution < -0.4 is 14.8 Å². The second kappa shape index (κ2) is 10.5.